The molecule has 0 heterocycles. The summed E-state index contributed by atoms with van der Waals surface area (Å²) in [6.45, 7) is 2.12. The van der Waals surface area contributed by atoms with E-state index in [4.69, 9.17) is 32.7 Å². The molecule has 3 aromatic carbocycles. The second-order valence-corrected chi connectivity index (χ2v) is 7.74. The maximum atomic E-state index is 12.6. The van der Waals surface area contributed by atoms with Crippen LogP contribution in [0.3, 0.4) is 0 Å². The molecule has 0 saturated carbocycles. The largest absolute Gasteiger partial charge is 0.493 e. The molecule has 32 heavy (non-hydrogen) atoms. The predicted molar refractivity (Wildman–Crippen MR) is 127 cm³/mol. The van der Waals surface area contributed by atoms with Crippen molar-refractivity contribution in [1.82, 2.24) is 0 Å². The number of carbonyl (C=O) groups is 1. The van der Waals surface area contributed by atoms with Gasteiger partial charge < -0.3 is 14.8 Å². The molecule has 0 aromatic heterocycles. The van der Waals surface area contributed by atoms with Gasteiger partial charge in [0.05, 0.1) is 12.1 Å². The van der Waals surface area contributed by atoms with Gasteiger partial charge in [0.2, 0.25) is 0 Å². The van der Waals surface area contributed by atoms with Crippen LogP contribution < -0.4 is 14.8 Å². The summed E-state index contributed by atoms with van der Waals surface area (Å²) in [5.74, 6) is 0.217. The van der Waals surface area contributed by atoms with Crippen LogP contribution >= 0.6 is 23.2 Å². The van der Waals surface area contributed by atoms with Gasteiger partial charge in [-0.2, -0.15) is 5.26 Å². The molecule has 0 aliphatic rings. The molecule has 0 aliphatic heterocycles. The van der Waals surface area contributed by atoms with Gasteiger partial charge in [-0.3, -0.25) is 4.79 Å². The van der Waals surface area contributed by atoms with Gasteiger partial charge >= 0.3 is 0 Å². The average Bonchev–Trinajstić information content (AvgIpc) is 2.77. The number of methoxy groups -OCH3 is 1. The fraction of sp³-hybridized carbons (Fsp3) is 0.120. The third-order valence-corrected chi connectivity index (χ3v) is 5.11. The number of amides is 1. The first-order valence-electron chi connectivity index (χ1n) is 9.65. The fourth-order valence-corrected chi connectivity index (χ4v) is 3.45. The lowest BCUT2D eigenvalue weighted by Gasteiger charge is -2.14. The molecule has 1 amide bonds. The predicted octanol–water partition coefficient (Wildman–Crippen LogP) is 6.44. The van der Waals surface area contributed by atoms with Gasteiger partial charge in [-0.25, -0.2) is 0 Å². The van der Waals surface area contributed by atoms with Crippen molar-refractivity contribution in [3.63, 3.8) is 0 Å². The lowest BCUT2D eigenvalue weighted by Crippen LogP contribution is -2.14. The maximum Gasteiger partial charge on any atom is 0.266 e. The zero-order valence-electron chi connectivity index (χ0n) is 17.5. The summed E-state index contributed by atoms with van der Waals surface area (Å²) < 4.78 is 11.3. The Hall–Kier alpha value is -3.46. The van der Waals surface area contributed by atoms with E-state index >= 15 is 0 Å². The van der Waals surface area contributed by atoms with Crippen molar-refractivity contribution in [3.05, 3.63) is 93.0 Å². The summed E-state index contributed by atoms with van der Waals surface area (Å²) in [7, 11) is 1.49. The van der Waals surface area contributed by atoms with E-state index in [0.717, 1.165) is 11.1 Å². The highest BCUT2D eigenvalue weighted by Gasteiger charge is 2.15. The standard InChI is InChI=1S/C25H20Cl2N2O3/c1-16-6-3-4-9-22(16)29-25(30)19(14-28)10-18-12-21(27)24(23(13-18)31-2)32-15-17-7-5-8-20(26)11-17/h3-13H,15H2,1-2H3,(H,29,30)/b19-10+. The molecule has 1 N–H and O–H groups in total. The second kappa shape index (κ2) is 10.7. The van der Waals surface area contributed by atoms with Crippen LogP contribution in [0.15, 0.2) is 66.2 Å². The van der Waals surface area contributed by atoms with Gasteiger partial charge in [0.15, 0.2) is 11.5 Å². The molecule has 0 bridgehead atoms. The Balaban J connectivity index is 1.83. The SMILES string of the molecule is COc1cc(/C=C(\C#N)C(=O)Nc2ccccc2C)cc(Cl)c1OCc1cccc(Cl)c1. The number of halogens is 2. The number of aryl methyl sites for hydroxylation is 1. The minimum absolute atomic E-state index is 0.0704. The van der Waals surface area contributed by atoms with Gasteiger partial charge in [0, 0.05) is 10.7 Å². The molecule has 5 nitrogen and oxygen atoms in total. The lowest BCUT2D eigenvalue weighted by molar-refractivity contribution is -0.112. The molecule has 0 spiro atoms. The number of hydrogen-bond acceptors (Lipinski definition) is 4. The highest BCUT2D eigenvalue weighted by molar-refractivity contribution is 6.32. The van der Waals surface area contributed by atoms with Gasteiger partial charge in [-0.15, -0.1) is 0 Å². The van der Waals surface area contributed by atoms with Crippen LogP contribution in [0.5, 0.6) is 11.5 Å². The van der Waals surface area contributed by atoms with E-state index in [2.05, 4.69) is 5.32 Å². The van der Waals surface area contributed by atoms with Gasteiger partial charge in [0.25, 0.3) is 5.91 Å². The number of hydrogen-bond donors (Lipinski definition) is 1. The molecule has 0 radical (unpaired) electrons. The van der Waals surface area contributed by atoms with Crippen molar-refractivity contribution in [2.45, 2.75) is 13.5 Å². The third kappa shape index (κ3) is 5.82. The summed E-state index contributed by atoms with van der Waals surface area (Å²) in [6.07, 6.45) is 1.45. The topological polar surface area (TPSA) is 71.3 Å². The summed E-state index contributed by atoms with van der Waals surface area (Å²) in [4.78, 5) is 12.6. The van der Waals surface area contributed by atoms with E-state index in [1.165, 1.54) is 13.2 Å². The van der Waals surface area contributed by atoms with E-state index in [0.29, 0.717) is 27.8 Å². The van der Waals surface area contributed by atoms with Gasteiger partial charge in [0.1, 0.15) is 18.2 Å². The summed E-state index contributed by atoms with van der Waals surface area (Å²) in [6, 6.07) is 19.8. The Morgan fingerprint density at radius 2 is 1.91 bits per heavy atom. The maximum absolute atomic E-state index is 12.6. The number of rotatable bonds is 7. The first-order valence-corrected chi connectivity index (χ1v) is 10.4. The number of nitriles is 1. The van der Waals surface area contributed by atoms with Crippen LogP contribution in [-0.2, 0) is 11.4 Å². The molecule has 7 heteroatoms. The molecule has 0 atom stereocenters. The quantitative estimate of drug-likeness (QED) is 0.321. The number of anilines is 1. The number of carbonyl (C=O) groups excluding carboxylic acids is 1. The molecule has 0 aliphatic carbocycles. The second-order valence-electron chi connectivity index (χ2n) is 6.89. The van der Waals surface area contributed by atoms with Crippen LogP contribution in [0.2, 0.25) is 10.0 Å². The summed E-state index contributed by atoms with van der Waals surface area (Å²) in [5.41, 5.74) is 2.86. The Morgan fingerprint density at radius 1 is 1.12 bits per heavy atom. The van der Waals surface area contributed by atoms with Crippen molar-refractivity contribution in [2.75, 3.05) is 12.4 Å². The Morgan fingerprint density at radius 3 is 2.59 bits per heavy atom. The minimum atomic E-state index is -0.516. The van der Waals surface area contributed by atoms with Crippen molar-refractivity contribution in [1.29, 1.82) is 5.26 Å². The van der Waals surface area contributed by atoms with Crippen LogP contribution in [0, 0.1) is 18.3 Å². The van der Waals surface area contributed by atoms with E-state index in [1.807, 2.05) is 43.3 Å². The molecule has 162 valence electrons. The van der Waals surface area contributed by atoms with Gasteiger partial charge in [-0.05, 0) is 60.0 Å². The van der Waals surface area contributed by atoms with E-state index < -0.39 is 5.91 Å². The summed E-state index contributed by atoms with van der Waals surface area (Å²) >= 11 is 12.4. The zero-order chi connectivity index (χ0) is 23.1. The molecular weight excluding hydrogens is 447 g/mol. The van der Waals surface area contributed by atoms with E-state index in [-0.39, 0.29) is 17.2 Å². The number of benzene rings is 3. The number of nitrogens with zero attached hydrogens (tertiary/aromatic N) is 1. The van der Waals surface area contributed by atoms with Crippen molar-refractivity contribution < 1.29 is 14.3 Å². The van der Waals surface area contributed by atoms with Crippen molar-refractivity contribution in [3.8, 4) is 17.6 Å². The zero-order valence-corrected chi connectivity index (χ0v) is 19.0. The van der Waals surface area contributed by atoms with Crippen LogP contribution in [0.25, 0.3) is 6.08 Å². The molecule has 3 aromatic rings. The van der Waals surface area contributed by atoms with Crippen LogP contribution in [-0.4, -0.2) is 13.0 Å². The Bertz CT molecular complexity index is 1220. The fourth-order valence-electron chi connectivity index (χ4n) is 2.96. The van der Waals surface area contributed by atoms with Crippen LogP contribution in [0.1, 0.15) is 16.7 Å². The summed E-state index contributed by atoms with van der Waals surface area (Å²) in [5, 5.41) is 13.2. The third-order valence-electron chi connectivity index (χ3n) is 4.59. The normalized spacial score (nSPS) is 10.9. The highest BCUT2D eigenvalue weighted by atomic mass is 35.5. The first-order chi connectivity index (χ1) is 15.4. The van der Waals surface area contributed by atoms with E-state index in [1.54, 1.807) is 30.3 Å². The Labute approximate surface area is 196 Å². The number of para-hydroxylation sites is 1. The minimum Gasteiger partial charge on any atom is -0.493 e. The first kappa shape index (κ1) is 23.2. The monoisotopic (exact) mass is 466 g/mol. The van der Waals surface area contributed by atoms with Gasteiger partial charge in [-0.1, -0.05) is 53.5 Å². The number of ether oxygens (including phenoxy) is 2. The Kier molecular flexibility index (Phi) is 7.77. The lowest BCUT2D eigenvalue weighted by atomic mass is 10.1. The highest BCUT2D eigenvalue weighted by Crippen LogP contribution is 2.37. The smallest absolute Gasteiger partial charge is 0.266 e. The van der Waals surface area contributed by atoms with Crippen molar-refractivity contribution in [2.24, 2.45) is 0 Å². The molecule has 0 unspecified atom stereocenters. The molecule has 0 fully saturated rings. The number of nitrogens with one attached hydrogen (secondary N) is 1. The average molecular weight is 467 g/mol. The molecule has 0 saturated heterocycles. The van der Waals surface area contributed by atoms with E-state index in [9.17, 15) is 10.1 Å². The molecular formula is C25H20Cl2N2O3. The molecule has 3 rings (SSSR count). The van der Waals surface area contributed by atoms with Crippen molar-refractivity contribution >= 4 is 40.9 Å². The van der Waals surface area contributed by atoms with Crippen LogP contribution in [0.4, 0.5) is 5.69 Å².